The molecule has 12 nitrogen and oxygen atoms in total. The number of methoxy groups -OCH3 is 4. The van der Waals surface area contributed by atoms with Gasteiger partial charge in [0.2, 0.25) is 0 Å². The SMILES string of the molecule is C=Cc1c(C)c2cc3nc(cc4[n-]c(cc5nc(cc1[n-]2)[C@@]1(C)C5=CC=C(C(=O)OC)[C@H]1C(=O)OC)c(C)c4CCC(=O)OC)C(CCC(=O)OC)=C3C.[Zn+2]. The minimum absolute atomic E-state index is 0. The number of rotatable bonds is 9. The van der Waals surface area contributed by atoms with Crippen molar-refractivity contribution in [3.05, 3.63) is 93.6 Å². The van der Waals surface area contributed by atoms with E-state index in [4.69, 9.17) is 38.9 Å². The molecule has 1 aliphatic carbocycles. The van der Waals surface area contributed by atoms with Gasteiger partial charge in [-0.1, -0.05) is 65.8 Å². The monoisotopic (exact) mass is 794 g/mol. The summed E-state index contributed by atoms with van der Waals surface area (Å²) in [6.07, 6.45) is 6.10. The number of carbonyl (C=O) groups is 4. The smallest absolute Gasteiger partial charge is 0.657 e. The first-order valence-electron chi connectivity index (χ1n) is 17.5. The average molecular weight is 796 g/mol. The molecule has 0 radical (unpaired) electrons. The quantitative estimate of drug-likeness (QED) is 0.140. The van der Waals surface area contributed by atoms with Gasteiger partial charge in [-0.3, -0.25) is 19.4 Å². The van der Waals surface area contributed by atoms with E-state index in [9.17, 15) is 19.2 Å². The molecule has 2 atom stereocenters. The predicted octanol–water partition coefficient (Wildman–Crippen LogP) is 6.06. The summed E-state index contributed by atoms with van der Waals surface area (Å²) in [6, 6.07) is 7.46. The average Bonchev–Trinajstić information content (AvgIpc) is 3.82. The molecule has 3 aliphatic rings. The van der Waals surface area contributed by atoms with Crippen molar-refractivity contribution in [1.29, 1.82) is 0 Å². The van der Waals surface area contributed by atoms with Crippen LogP contribution in [0.4, 0.5) is 0 Å². The fourth-order valence-corrected chi connectivity index (χ4v) is 7.62. The molecule has 2 aliphatic heterocycles. The molecular weight excluding hydrogens is 754 g/mol. The van der Waals surface area contributed by atoms with E-state index in [0.717, 1.165) is 33.4 Å². The van der Waals surface area contributed by atoms with E-state index in [1.54, 1.807) is 18.2 Å². The Bertz CT molecular complexity index is 2400. The Morgan fingerprint density at radius 2 is 1.38 bits per heavy atom. The van der Waals surface area contributed by atoms with Gasteiger partial charge < -0.3 is 28.9 Å². The fourth-order valence-electron chi connectivity index (χ4n) is 7.62. The first-order chi connectivity index (χ1) is 25.8. The number of hydrogen-bond acceptors (Lipinski definition) is 10. The summed E-state index contributed by atoms with van der Waals surface area (Å²) in [5, 5.41) is 0. The van der Waals surface area contributed by atoms with E-state index >= 15 is 0 Å². The van der Waals surface area contributed by atoms with Crippen LogP contribution < -0.4 is 9.97 Å². The van der Waals surface area contributed by atoms with Crippen molar-refractivity contribution in [1.82, 2.24) is 19.9 Å². The fraction of sp³-hybridized carbons (Fsp3) is 0.333. The standard InChI is InChI=1S/C42H43N4O8.Zn/c1-10-24-21(2)29-17-30-22(3)25(12-15-37(47)51-6)32(43-30)19-33-26(13-16-38(48)52-7)23(4)31(44-33)18-35-28-14-11-27(40(49)53-8)39(41(50)54-9)42(28,5)36(46-35)20-34(24)45-29;/h10-11,14,17-20,39H,1,12-13,15-16H2,2-9H3,(H-,43,44,45,46,49);/q-1;+2/p-1/t39-,42+;/m0./s1. The third-order valence-electron chi connectivity index (χ3n) is 10.8. The van der Waals surface area contributed by atoms with E-state index < -0.39 is 23.3 Å². The second-order valence-corrected chi connectivity index (χ2v) is 13.6. The van der Waals surface area contributed by atoms with Crippen molar-refractivity contribution in [3.63, 3.8) is 0 Å². The van der Waals surface area contributed by atoms with Gasteiger partial charge in [-0.15, -0.1) is 22.1 Å². The number of nitrogens with zero attached hydrogens (tertiary/aromatic N) is 4. The number of esters is 4. The summed E-state index contributed by atoms with van der Waals surface area (Å²) in [5.41, 5.74) is 9.33. The number of hydrogen-bond donors (Lipinski definition) is 0. The van der Waals surface area contributed by atoms with Crippen molar-refractivity contribution < 1.29 is 57.6 Å². The van der Waals surface area contributed by atoms with Crippen LogP contribution in [0, 0.1) is 19.8 Å². The Kier molecular flexibility index (Phi) is 12.0. The number of aromatic nitrogens is 4. The van der Waals surface area contributed by atoms with Gasteiger partial charge >= 0.3 is 43.4 Å². The number of allylic oxidation sites excluding steroid dienone is 5. The normalized spacial score (nSPS) is 17.3. The number of ether oxygens (including phenoxy) is 4. The van der Waals surface area contributed by atoms with Crippen LogP contribution in [0.3, 0.4) is 0 Å². The topological polar surface area (TPSA) is 159 Å². The second kappa shape index (κ2) is 16.1. The minimum atomic E-state index is -1.18. The van der Waals surface area contributed by atoms with Gasteiger partial charge in [0.05, 0.1) is 62.2 Å². The molecule has 5 heterocycles. The Morgan fingerprint density at radius 1 is 0.764 bits per heavy atom. The van der Waals surface area contributed by atoms with Gasteiger partial charge in [0.1, 0.15) is 5.92 Å². The molecule has 0 N–H and O–H groups in total. The minimum Gasteiger partial charge on any atom is -0.657 e. The van der Waals surface area contributed by atoms with Gasteiger partial charge in [-0.25, -0.2) is 9.78 Å². The Balaban J connectivity index is 0.00000580. The summed E-state index contributed by atoms with van der Waals surface area (Å²) >= 11 is 0. The predicted molar refractivity (Wildman–Crippen MR) is 204 cm³/mol. The summed E-state index contributed by atoms with van der Waals surface area (Å²) in [6.45, 7) is 11.8. The summed E-state index contributed by atoms with van der Waals surface area (Å²) in [4.78, 5) is 71.8. The van der Waals surface area contributed by atoms with Crippen LogP contribution in [-0.4, -0.2) is 62.3 Å². The third-order valence-corrected chi connectivity index (χ3v) is 10.8. The van der Waals surface area contributed by atoms with Crippen LogP contribution in [0.2, 0.25) is 0 Å². The van der Waals surface area contributed by atoms with Crippen molar-refractivity contribution in [3.8, 4) is 0 Å². The van der Waals surface area contributed by atoms with E-state index in [1.807, 2.05) is 52.0 Å². The number of carbonyl (C=O) groups excluding carboxylic acids is 4. The molecule has 3 aromatic rings. The Hall–Kier alpha value is -5.42. The van der Waals surface area contributed by atoms with Crippen LogP contribution in [-0.2, 0) is 69.4 Å². The molecular formula is C42H42N4O8Zn. The summed E-state index contributed by atoms with van der Waals surface area (Å²) in [7, 11) is 5.26. The zero-order valence-corrected chi connectivity index (χ0v) is 35.4. The van der Waals surface area contributed by atoms with E-state index in [0.29, 0.717) is 63.3 Å². The molecule has 0 saturated carbocycles. The largest absolute Gasteiger partial charge is 2.00 e. The van der Waals surface area contributed by atoms with Crippen LogP contribution >= 0.6 is 0 Å². The van der Waals surface area contributed by atoms with E-state index in [-0.39, 0.29) is 49.8 Å². The zero-order chi connectivity index (χ0) is 39.1. The van der Waals surface area contributed by atoms with Gasteiger partial charge in [0, 0.05) is 12.8 Å². The molecule has 0 saturated heterocycles. The molecule has 0 aromatic carbocycles. The van der Waals surface area contributed by atoms with Gasteiger partial charge in [0.25, 0.3) is 0 Å². The second-order valence-electron chi connectivity index (χ2n) is 13.6. The third kappa shape index (κ3) is 7.13. The van der Waals surface area contributed by atoms with Gasteiger partial charge in [-0.2, -0.15) is 0 Å². The van der Waals surface area contributed by atoms with Crippen molar-refractivity contribution in [2.75, 3.05) is 28.4 Å². The molecule has 13 heteroatoms. The molecule has 8 bridgehead atoms. The van der Waals surface area contributed by atoms with Crippen LogP contribution in [0.25, 0.3) is 44.9 Å². The van der Waals surface area contributed by atoms with Crippen LogP contribution in [0.5, 0.6) is 0 Å². The number of fused-ring (bicyclic) bond motifs is 11. The molecule has 0 spiro atoms. The maximum Gasteiger partial charge on any atom is 2.00 e. The molecule has 3 aromatic heterocycles. The maximum absolute atomic E-state index is 13.7. The van der Waals surface area contributed by atoms with Crippen LogP contribution in [0.15, 0.2) is 48.6 Å². The summed E-state index contributed by atoms with van der Waals surface area (Å²) < 4.78 is 20.3. The zero-order valence-electron chi connectivity index (χ0n) is 32.4. The number of aryl methyl sites for hydroxylation is 3. The van der Waals surface area contributed by atoms with Crippen molar-refractivity contribution in [2.24, 2.45) is 5.92 Å². The molecule has 0 unspecified atom stereocenters. The van der Waals surface area contributed by atoms with Crippen molar-refractivity contribution in [2.45, 2.75) is 58.8 Å². The molecule has 0 amide bonds. The van der Waals surface area contributed by atoms with Gasteiger partial charge in [-0.05, 0) is 62.8 Å². The molecule has 280 valence electrons. The van der Waals surface area contributed by atoms with Crippen molar-refractivity contribution >= 4 is 68.7 Å². The van der Waals surface area contributed by atoms with Crippen LogP contribution in [0.1, 0.15) is 78.1 Å². The maximum atomic E-state index is 13.7. The van der Waals surface area contributed by atoms with E-state index in [2.05, 4.69) is 6.58 Å². The van der Waals surface area contributed by atoms with E-state index in [1.165, 1.54) is 28.4 Å². The van der Waals surface area contributed by atoms with Gasteiger partial charge in [0.15, 0.2) is 0 Å². The Labute approximate surface area is 331 Å². The molecule has 55 heavy (non-hydrogen) atoms. The summed E-state index contributed by atoms with van der Waals surface area (Å²) in [5.74, 6) is -3.08. The molecule has 6 rings (SSSR count). The first kappa shape index (κ1) is 40.8. The Morgan fingerprint density at radius 3 is 2.02 bits per heavy atom. The first-order valence-corrected chi connectivity index (χ1v) is 17.5. The molecule has 0 fully saturated rings.